The van der Waals surface area contributed by atoms with Crippen molar-refractivity contribution in [3.63, 3.8) is 0 Å². The van der Waals surface area contributed by atoms with Gasteiger partial charge >= 0.3 is 0 Å². The van der Waals surface area contributed by atoms with Gasteiger partial charge in [0.05, 0.1) is 0 Å². The van der Waals surface area contributed by atoms with Gasteiger partial charge in [-0.25, -0.2) is 0 Å². The van der Waals surface area contributed by atoms with Crippen LogP contribution in [0.25, 0.3) is 0 Å². The van der Waals surface area contributed by atoms with Crippen LogP contribution < -0.4 is 0 Å². The lowest BCUT2D eigenvalue weighted by molar-refractivity contribution is -0.115. The van der Waals surface area contributed by atoms with Crippen LogP contribution in [0.5, 0.6) is 0 Å². The number of aldehydes is 1. The average Bonchev–Trinajstić information content (AvgIpc) is 2.71. The standard InChI is InChI=1S/C26H52O2/c1-2-3-4-5-6-7-8-9-10-11-12-13-14-15-16-17-18-19-20-21-22-23-24-26(28)25-27/h25-26,28H,2-24H2,1H3. The van der Waals surface area contributed by atoms with Crippen LogP contribution in [-0.2, 0) is 4.79 Å². The smallest absolute Gasteiger partial charge is 0.148 e. The second-order valence-corrected chi connectivity index (χ2v) is 8.92. The fourth-order valence-corrected chi connectivity index (χ4v) is 4.03. The molecule has 0 saturated heterocycles. The first-order valence-corrected chi connectivity index (χ1v) is 12.9. The molecule has 0 radical (unpaired) electrons. The van der Waals surface area contributed by atoms with E-state index in [1.807, 2.05) is 0 Å². The fourth-order valence-electron chi connectivity index (χ4n) is 4.03. The Morgan fingerprint density at radius 1 is 0.500 bits per heavy atom. The molecule has 1 atom stereocenters. The zero-order valence-corrected chi connectivity index (χ0v) is 19.3. The summed E-state index contributed by atoms with van der Waals surface area (Å²) in [4.78, 5) is 10.3. The maximum absolute atomic E-state index is 10.3. The largest absolute Gasteiger partial charge is 0.386 e. The quantitative estimate of drug-likeness (QED) is 0.131. The molecule has 1 N–H and O–H groups in total. The highest BCUT2D eigenvalue weighted by atomic mass is 16.3. The highest BCUT2D eigenvalue weighted by molar-refractivity contribution is 5.55. The van der Waals surface area contributed by atoms with Crippen molar-refractivity contribution in [1.82, 2.24) is 0 Å². The van der Waals surface area contributed by atoms with Gasteiger partial charge in [-0.2, -0.15) is 0 Å². The molecule has 1 unspecified atom stereocenters. The minimum absolute atomic E-state index is 0.641. The Morgan fingerprint density at radius 3 is 1.00 bits per heavy atom. The van der Waals surface area contributed by atoms with Crippen LogP contribution in [0.15, 0.2) is 0 Å². The number of hydrogen-bond donors (Lipinski definition) is 1. The van der Waals surface area contributed by atoms with E-state index in [0.29, 0.717) is 12.7 Å². The van der Waals surface area contributed by atoms with Crippen molar-refractivity contribution in [3.8, 4) is 0 Å². The Morgan fingerprint density at radius 2 is 0.750 bits per heavy atom. The van der Waals surface area contributed by atoms with Gasteiger partial charge < -0.3 is 9.90 Å². The molecule has 0 fully saturated rings. The van der Waals surface area contributed by atoms with E-state index in [2.05, 4.69) is 6.92 Å². The monoisotopic (exact) mass is 396 g/mol. The Balaban J connectivity index is 3.00. The summed E-state index contributed by atoms with van der Waals surface area (Å²) in [5, 5.41) is 9.16. The zero-order valence-electron chi connectivity index (χ0n) is 19.3. The maximum Gasteiger partial charge on any atom is 0.148 e. The molecule has 168 valence electrons. The summed E-state index contributed by atoms with van der Waals surface area (Å²) < 4.78 is 0. The minimum Gasteiger partial charge on any atom is -0.386 e. The van der Waals surface area contributed by atoms with E-state index >= 15 is 0 Å². The first-order chi connectivity index (χ1) is 13.8. The Labute approximate surface area is 177 Å². The number of unbranched alkanes of at least 4 members (excludes halogenated alkanes) is 21. The molecule has 0 bridgehead atoms. The molecule has 0 heterocycles. The lowest BCUT2D eigenvalue weighted by atomic mass is 10.0. The zero-order chi connectivity index (χ0) is 20.5. The van der Waals surface area contributed by atoms with Crippen molar-refractivity contribution in [2.75, 3.05) is 0 Å². The van der Waals surface area contributed by atoms with E-state index in [0.717, 1.165) is 12.8 Å². The van der Waals surface area contributed by atoms with Crippen molar-refractivity contribution in [1.29, 1.82) is 0 Å². The van der Waals surface area contributed by atoms with Gasteiger partial charge in [0.2, 0.25) is 0 Å². The van der Waals surface area contributed by atoms with Gasteiger partial charge in [-0.15, -0.1) is 0 Å². The first kappa shape index (κ1) is 27.6. The number of aliphatic hydroxyl groups is 1. The molecule has 0 rings (SSSR count). The average molecular weight is 397 g/mol. The predicted octanol–water partition coefficient (Wildman–Crippen LogP) is 8.54. The third kappa shape index (κ3) is 23.7. The molecular weight excluding hydrogens is 344 g/mol. The molecule has 0 aromatic heterocycles. The summed E-state index contributed by atoms with van der Waals surface area (Å²) in [6.45, 7) is 2.29. The molecule has 28 heavy (non-hydrogen) atoms. The van der Waals surface area contributed by atoms with Crippen LogP contribution in [0.4, 0.5) is 0 Å². The van der Waals surface area contributed by atoms with Crippen LogP contribution in [0, 0.1) is 0 Å². The normalized spacial score (nSPS) is 12.4. The van der Waals surface area contributed by atoms with Gasteiger partial charge in [-0.05, 0) is 6.42 Å². The van der Waals surface area contributed by atoms with Crippen molar-refractivity contribution < 1.29 is 9.90 Å². The Hall–Kier alpha value is -0.370. The van der Waals surface area contributed by atoms with Crippen molar-refractivity contribution in [2.45, 2.75) is 161 Å². The fraction of sp³-hybridized carbons (Fsp3) is 0.962. The second-order valence-electron chi connectivity index (χ2n) is 8.92. The molecule has 0 aromatic carbocycles. The van der Waals surface area contributed by atoms with E-state index in [1.165, 1.54) is 128 Å². The predicted molar refractivity (Wildman–Crippen MR) is 124 cm³/mol. The van der Waals surface area contributed by atoms with Gasteiger partial charge in [-0.1, -0.05) is 148 Å². The van der Waals surface area contributed by atoms with Crippen molar-refractivity contribution >= 4 is 6.29 Å². The lowest BCUT2D eigenvalue weighted by Gasteiger charge is -2.04. The topological polar surface area (TPSA) is 37.3 Å². The Bertz CT molecular complexity index is 290. The summed E-state index contributed by atoms with van der Waals surface area (Å²) in [5.41, 5.74) is 0. The van der Waals surface area contributed by atoms with Crippen LogP contribution >= 0.6 is 0 Å². The molecule has 0 aromatic rings. The van der Waals surface area contributed by atoms with Crippen LogP contribution in [0.3, 0.4) is 0 Å². The highest BCUT2D eigenvalue weighted by Crippen LogP contribution is 2.15. The number of rotatable bonds is 24. The molecule has 0 aliphatic rings. The summed E-state index contributed by atoms with van der Waals surface area (Å²) in [6, 6.07) is 0. The summed E-state index contributed by atoms with van der Waals surface area (Å²) >= 11 is 0. The van der Waals surface area contributed by atoms with Crippen molar-refractivity contribution in [2.24, 2.45) is 0 Å². The number of aliphatic hydroxyl groups excluding tert-OH is 1. The minimum atomic E-state index is -0.731. The van der Waals surface area contributed by atoms with Gasteiger partial charge in [0.1, 0.15) is 12.4 Å². The summed E-state index contributed by atoms with van der Waals surface area (Å²) in [6.07, 6.45) is 31.1. The first-order valence-electron chi connectivity index (χ1n) is 12.9. The molecule has 0 saturated carbocycles. The molecule has 2 nitrogen and oxygen atoms in total. The summed E-state index contributed by atoms with van der Waals surface area (Å²) in [5.74, 6) is 0. The molecule has 0 aliphatic carbocycles. The number of carbonyl (C=O) groups is 1. The van der Waals surface area contributed by atoms with E-state index in [1.54, 1.807) is 0 Å². The van der Waals surface area contributed by atoms with E-state index in [9.17, 15) is 4.79 Å². The van der Waals surface area contributed by atoms with Crippen LogP contribution in [-0.4, -0.2) is 17.5 Å². The lowest BCUT2D eigenvalue weighted by Crippen LogP contribution is -2.06. The molecule has 2 heteroatoms. The van der Waals surface area contributed by atoms with E-state index in [4.69, 9.17) is 5.11 Å². The van der Waals surface area contributed by atoms with Gasteiger partial charge in [0.25, 0.3) is 0 Å². The van der Waals surface area contributed by atoms with E-state index < -0.39 is 6.10 Å². The van der Waals surface area contributed by atoms with Crippen LogP contribution in [0.1, 0.15) is 155 Å². The Kier molecular flexibility index (Phi) is 24.3. The van der Waals surface area contributed by atoms with Gasteiger partial charge in [-0.3, -0.25) is 0 Å². The number of carbonyl (C=O) groups excluding carboxylic acids is 1. The molecule has 0 amide bonds. The second kappa shape index (κ2) is 24.7. The molecule has 0 spiro atoms. The van der Waals surface area contributed by atoms with E-state index in [-0.39, 0.29) is 0 Å². The van der Waals surface area contributed by atoms with Gasteiger partial charge in [0, 0.05) is 0 Å². The highest BCUT2D eigenvalue weighted by Gasteiger charge is 2.00. The maximum atomic E-state index is 10.3. The molecular formula is C26H52O2. The van der Waals surface area contributed by atoms with Crippen LogP contribution in [0.2, 0.25) is 0 Å². The van der Waals surface area contributed by atoms with Gasteiger partial charge in [0.15, 0.2) is 0 Å². The third-order valence-electron chi connectivity index (χ3n) is 6.01. The SMILES string of the molecule is CCCCCCCCCCCCCCCCCCCCCCCCC(O)C=O. The summed E-state index contributed by atoms with van der Waals surface area (Å²) in [7, 11) is 0. The van der Waals surface area contributed by atoms with Crippen molar-refractivity contribution in [3.05, 3.63) is 0 Å². The molecule has 0 aliphatic heterocycles. The number of hydrogen-bond acceptors (Lipinski definition) is 2. The third-order valence-corrected chi connectivity index (χ3v) is 6.01.